The fourth-order valence-corrected chi connectivity index (χ4v) is 3.93. The molecule has 5 atom stereocenters. The van der Waals surface area contributed by atoms with Gasteiger partial charge in [0, 0.05) is 41.8 Å². The van der Waals surface area contributed by atoms with Crippen LogP contribution in [0, 0.1) is 0 Å². The fraction of sp³-hybridized carbons (Fsp3) is 0.545. The average molecular weight is 521 g/mol. The maximum absolute atomic E-state index is 13.1. The topological polar surface area (TPSA) is 178 Å². The van der Waals surface area contributed by atoms with Gasteiger partial charge in [-0.3, -0.25) is 28.5 Å². The fourth-order valence-electron chi connectivity index (χ4n) is 3.93. The quantitative estimate of drug-likeness (QED) is 0.336. The first-order chi connectivity index (χ1) is 17.4. The zero-order valence-corrected chi connectivity index (χ0v) is 21.1. The lowest BCUT2D eigenvalue weighted by molar-refractivity contribution is -0.268. The van der Waals surface area contributed by atoms with E-state index in [-0.39, 0.29) is 11.2 Å². The molecule has 0 N–H and O–H groups in total. The molecule has 37 heavy (non-hydrogen) atoms. The second-order valence-electron chi connectivity index (χ2n) is 8.32. The molecule has 0 radical (unpaired) electrons. The predicted molar refractivity (Wildman–Crippen MR) is 123 cm³/mol. The Morgan fingerprint density at radius 3 is 2.05 bits per heavy atom. The summed E-state index contributed by atoms with van der Waals surface area (Å²) in [5.74, 6) is -2.65. The maximum Gasteiger partial charge on any atom is 0.303 e. The Hall–Kier alpha value is -4.14. The molecule has 1 saturated heterocycles. The molecule has 15 heteroatoms. The summed E-state index contributed by atoms with van der Waals surface area (Å²) in [5.41, 5.74) is -0.455. The molecule has 15 nitrogen and oxygen atoms in total. The second kappa shape index (κ2) is 11.3. The number of hydrogen-bond acceptors (Lipinski definition) is 14. The summed E-state index contributed by atoms with van der Waals surface area (Å²) in [6.45, 7) is 4.04. The third kappa shape index (κ3) is 6.17. The van der Waals surface area contributed by atoms with Gasteiger partial charge < -0.3 is 28.6 Å². The minimum absolute atomic E-state index is 0.0205. The van der Waals surface area contributed by atoms with E-state index in [1.807, 2.05) is 0 Å². The molecule has 1 fully saturated rings. The van der Waals surface area contributed by atoms with Gasteiger partial charge in [0.1, 0.15) is 24.6 Å². The number of carbonyl (C=O) groups excluding carboxylic acids is 4. The number of fused-ring (bicyclic) bond motifs is 1. The molecule has 2 aromatic rings. The summed E-state index contributed by atoms with van der Waals surface area (Å²) in [4.78, 5) is 74.9. The molecule has 0 amide bonds. The zero-order chi connectivity index (χ0) is 27.4. The van der Waals surface area contributed by atoms with Crippen LogP contribution >= 0.6 is 0 Å². The van der Waals surface area contributed by atoms with Crippen LogP contribution < -0.4 is 10.5 Å². The molecular formula is C22H27N5O10. The van der Waals surface area contributed by atoms with E-state index in [0.717, 1.165) is 38.5 Å². The van der Waals surface area contributed by atoms with E-state index in [2.05, 4.69) is 15.0 Å². The zero-order valence-electron chi connectivity index (χ0n) is 21.1. The van der Waals surface area contributed by atoms with Crippen molar-refractivity contribution in [3.63, 3.8) is 0 Å². The molecule has 2 aromatic heterocycles. The summed E-state index contributed by atoms with van der Waals surface area (Å²) >= 11 is 0. The molecule has 0 aliphatic carbocycles. The lowest BCUT2D eigenvalue weighted by Gasteiger charge is -2.44. The molecule has 0 bridgehead atoms. The van der Waals surface area contributed by atoms with Crippen LogP contribution in [0.5, 0.6) is 0 Å². The van der Waals surface area contributed by atoms with Crippen LogP contribution in [-0.4, -0.2) is 88.5 Å². The standard InChI is InChI=1S/C22H27N5O10/c1-10(28)33-8-14-17(34-11(2)29)18(35-12(3)30)19(36-13(4)31)22(37-14)27-15(32)7-23-16-20(26(5)6)24-9-25-21(16)27/h7,9,14,17-19,22H,8H2,1-6H3/t14-,17-,18+,19-,22-/m1/s1. The van der Waals surface area contributed by atoms with Crippen LogP contribution in [0.1, 0.15) is 33.9 Å². The summed E-state index contributed by atoms with van der Waals surface area (Å²) in [6, 6.07) is 0. The summed E-state index contributed by atoms with van der Waals surface area (Å²) < 4.78 is 28.5. The predicted octanol–water partition coefficient (Wildman–Crippen LogP) is -0.492. The van der Waals surface area contributed by atoms with Crippen molar-refractivity contribution in [3.05, 3.63) is 22.9 Å². The van der Waals surface area contributed by atoms with E-state index in [1.165, 1.54) is 6.33 Å². The Balaban J connectivity index is 2.27. The van der Waals surface area contributed by atoms with E-state index >= 15 is 0 Å². The molecule has 3 rings (SSSR count). The monoisotopic (exact) mass is 521 g/mol. The van der Waals surface area contributed by atoms with E-state index < -0.39 is 66.7 Å². The minimum Gasteiger partial charge on any atom is -0.463 e. The maximum atomic E-state index is 13.1. The first-order valence-corrected chi connectivity index (χ1v) is 11.1. The van der Waals surface area contributed by atoms with Crippen LogP contribution in [0.25, 0.3) is 11.2 Å². The SMILES string of the molecule is CC(=O)OC[C@H]1O[C@@H](n2c(=O)cnc3c(N(C)C)ncnc32)[C@H](OC(C)=O)[C@@H](OC(C)=O)[C@@H]1OC(C)=O. The van der Waals surface area contributed by atoms with Crippen molar-refractivity contribution in [2.45, 2.75) is 58.3 Å². The van der Waals surface area contributed by atoms with E-state index in [9.17, 15) is 24.0 Å². The van der Waals surface area contributed by atoms with Gasteiger partial charge in [-0.2, -0.15) is 0 Å². The molecule has 0 unspecified atom stereocenters. The number of nitrogens with zero attached hydrogens (tertiary/aromatic N) is 5. The van der Waals surface area contributed by atoms with Gasteiger partial charge in [-0.25, -0.2) is 15.0 Å². The van der Waals surface area contributed by atoms with Gasteiger partial charge in [0.25, 0.3) is 5.56 Å². The largest absolute Gasteiger partial charge is 0.463 e. The van der Waals surface area contributed by atoms with Crippen molar-refractivity contribution in [1.82, 2.24) is 19.5 Å². The molecule has 3 heterocycles. The molecule has 0 aromatic carbocycles. The minimum atomic E-state index is -1.49. The lowest BCUT2D eigenvalue weighted by Crippen LogP contribution is -2.61. The first kappa shape index (κ1) is 27.4. The molecule has 1 aliphatic heterocycles. The van der Waals surface area contributed by atoms with Crippen molar-refractivity contribution >= 4 is 40.9 Å². The number of rotatable bonds is 7. The Kier molecular flexibility index (Phi) is 8.37. The highest BCUT2D eigenvalue weighted by Crippen LogP contribution is 2.35. The molecule has 200 valence electrons. The summed E-state index contributed by atoms with van der Waals surface area (Å²) in [7, 11) is 3.43. The highest BCUT2D eigenvalue weighted by Gasteiger charge is 2.53. The number of ether oxygens (including phenoxy) is 5. The van der Waals surface area contributed by atoms with Crippen molar-refractivity contribution in [3.8, 4) is 0 Å². The number of esters is 4. The Morgan fingerprint density at radius 1 is 0.892 bits per heavy atom. The van der Waals surface area contributed by atoms with Crippen molar-refractivity contribution in [2.75, 3.05) is 25.6 Å². The van der Waals surface area contributed by atoms with Gasteiger partial charge in [-0.05, 0) is 0 Å². The van der Waals surface area contributed by atoms with Crippen LogP contribution in [0.4, 0.5) is 5.82 Å². The van der Waals surface area contributed by atoms with Gasteiger partial charge in [0.2, 0.25) is 0 Å². The van der Waals surface area contributed by atoms with Crippen molar-refractivity contribution < 1.29 is 42.9 Å². The number of hydrogen-bond donors (Lipinski definition) is 0. The van der Waals surface area contributed by atoms with E-state index in [1.54, 1.807) is 19.0 Å². The second-order valence-corrected chi connectivity index (χ2v) is 8.32. The highest BCUT2D eigenvalue weighted by molar-refractivity contribution is 5.82. The number of aromatic nitrogens is 4. The van der Waals surface area contributed by atoms with E-state index in [0.29, 0.717) is 5.82 Å². The third-order valence-electron chi connectivity index (χ3n) is 5.20. The van der Waals surface area contributed by atoms with Gasteiger partial charge in [-0.1, -0.05) is 0 Å². The van der Waals surface area contributed by atoms with Crippen LogP contribution in [0.2, 0.25) is 0 Å². The average Bonchev–Trinajstić information content (AvgIpc) is 2.79. The molecule has 0 saturated carbocycles. The Morgan fingerprint density at radius 2 is 1.49 bits per heavy atom. The first-order valence-electron chi connectivity index (χ1n) is 11.1. The van der Waals surface area contributed by atoms with Crippen LogP contribution in [0.3, 0.4) is 0 Å². The van der Waals surface area contributed by atoms with Crippen LogP contribution in [-0.2, 0) is 42.9 Å². The number of anilines is 1. The normalized spacial score (nSPS) is 23.1. The van der Waals surface area contributed by atoms with Crippen LogP contribution in [0.15, 0.2) is 17.3 Å². The van der Waals surface area contributed by atoms with Gasteiger partial charge >= 0.3 is 23.9 Å². The third-order valence-corrected chi connectivity index (χ3v) is 5.20. The Labute approximate surface area is 210 Å². The van der Waals surface area contributed by atoms with Gasteiger partial charge in [0.15, 0.2) is 36.0 Å². The number of carbonyl (C=O) groups is 4. The van der Waals surface area contributed by atoms with Crippen molar-refractivity contribution in [2.24, 2.45) is 0 Å². The lowest BCUT2D eigenvalue weighted by atomic mass is 9.97. The smallest absolute Gasteiger partial charge is 0.303 e. The Bertz CT molecular complexity index is 1260. The molecule has 1 aliphatic rings. The molecular weight excluding hydrogens is 494 g/mol. The van der Waals surface area contributed by atoms with Crippen molar-refractivity contribution in [1.29, 1.82) is 0 Å². The summed E-state index contributed by atoms with van der Waals surface area (Å²) in [6.07, 6.45) is -4.79. The van der Waals surface area contributed by atoms with Gasteiger partial charge in [0.05, 0.1) is 6.20 Å². The molecule has 0 spiro atoms. The summed E-state index contributed by atoms with van der Waals surface area (Å²) in [5, 5.41) is 0. The van der Waals surface area contributed by atoms with E-state index in [4.69, 9.17) is 23.7 Å². The van der Waals surface area contributed by atoms with Gasteiger partial charge in [-0.15, -0.1) is 0 Å². The highest BCUT2D eigenvalue weighted by atomic mass is 16.7.